The zero-order valence-electron chi connectivity index (χ0n) is 12.5. The van der Waals surface area contributed by atoms with E-state index in [0.29, 0.717) is 5.56 Å². The molecule has 0 saturated heterocycles. The average Bonchev–Trinajstić information content (AvgIpc) is 2.73. The molecule has 3 rings (SSSR count). The van der Waals surface area contributed by atoms with Crippen LogP contribution in [0.1, 0.15) is 21.7 Å². The normalized spacial score (nSPS) is 10.9. The Morgan fingerprint density at radius 3 is 2.77 bits per heavy atom. The van der Waals surface area contributed by atoms with Gasteiger partial charge in [0.1, 0.15) is 0 Å². The molecular formula is C16H15BrN4O. The van der Waals surface area contributed by atoms with Gasteiger partial charge in [-0.3, -0.25) is 9.48 Å². The Bertz CT molecular complexity index is 885. The minimum Gasteiger partial charge on any atom is -0.322 e. The SMILES string of the molecule is Cc1cc(C(=O)Nc2cccc(Br)c2)c2c(C)nn(C)c2n1. The summed E-state index contributed by atoms with van der Waals surface area (Å²) >= 11 is 3.40. The Morgan fingerprint density at radius 1 is 1.27 bits per heavy atom. The van der Waals surface area contributed by atoms with Crippen molar-refractivity contribution in [3.63, 3.8) is 0 Å². The summed E-state index contributed by atoms with van der Waals surface area (Å²) in [4.78, 5) is 17.1. The van der Waals surface area contributed by atoms with E-state index >= 15 is 0 Å². The number of aryl methyl sites for hydroxylation is 3. The fourth-order valence-electron chi connectivity index (χ4n) is 2.51. The molecule has 1 aromatic carbocycles. The number of carbonyl (C=O) groups excluding carboxylic acids is 1. The molecule has 0 bridgehead atoms. The molecule has 0 aliphatic heterocycles. The highest BCUT2D eigenvalue weighted by atomic mass is 79.9. The van der Waals surface area contributed by atoms with Crippen LogP contribution in [0, 0.1) is 13.8 Å². The van der Waals surface area contributed by atoms with Crippen molar-refractivity contribution in [1.29, 1.82) is 0 Å². The maximum absolute atomic E-state index is 12.7. The van der Waals surface area contributed by atoms with Crippen molar-refractivity contribution < 1.29 is 4.79 Å². The smallest absolute Gasteiger partial charge is 0.256 e. The lowest BCUT2D eigenvalue weighted by molar-refractivity contribution is 0.102. The summed E-state index contributed by atoms with van der Waals surface area (Å²) in [5, 5.41) is 8.08. The molecule has 1 N–H and O–H groups in total. The molecule has 3 aromatic rings. The third-order valence-electron chi connectivity index (χ3n) is 3.42. The van der Waals surface area contributed by atoms with Crippen LogP contribution in [0.3, 0.4) is 0 Å². The number of pyridine rings is 1. The van der Waals surface area contributed by atoms with Crippen LogP contribution in [0.4, 0.5) is 5.69 Å². The summed E-state index contributed by atoms with van der Waals surface area (Å²) in [6, 6.07) is 9.30. The Balaban J connectivity index is 2.07. The van der Waals surface area contributed by atoms with Crippen LogP contribution in [0.15, 0.2) is 34.8 Å². The van der Waals surface area contributed by atoms with Crippen molar-refractivity contribution in [2.24, 2.45) is 7.05 Å². The number of amides is 1. The first kappa shape index (κ1) is 14.7. The number of benzene rings is 1. The van der Waals surface area contributed by atoms with Crippen molar-refractivity contribution in [2.45, 2.75) is 13.8 Å². The van der Waals surface area contributed by atoms with Gasteiger partial charge in [0.2, 0.25) is 0 Å². The monoisotopic (exact) mass is 358 g/mol. The maximum atomic E-state index is 12.7. The Morgan fingerprint density at radius 2 is 2.05 bits per heavy atom. The van der Waals surface area contributed by atoms with E-state index < -0.39 is 0 Å². The topological polar surface area (TPSA) is 59.8 Å². The van der Waals surface area contributed by atoms with Crippen LogP contribution in [0.2, 0.25) is 0 Å². The highest BCUT2D eigenvalue weighted by Crippen LogP contribution is 2.23. The number of nitrogens with zero attached hydrogens (tertiary/aromatic N) is 3. The molecular weight excluding hydrogens is 344 g/mol. The molecule has 6 heteroatoms. The lowest BCUT2D eigenvalue weighted by atomic mass is 10.1. The number of anilines is 1. The molecule has 2 heterocycles. The van der Waals surface area contributed by atoms with Gasteiger partial charge in [0.05, 0.1) is 16.6 Å². The largest absolute Gasteiger partial charge is 0.322 e. The summed E-state index contributed by atoms with van der Waals surface area (Å²) in [7, 11) is 1.83. The van der Waals surface area contributed by atoms with E-state index in [1.165, 1.54) is 0 Å². The predicted molar refractivity (Wildman–Crippen MR) is 90.1 cm³/mol. The fourth-order valence-corrected chi connectivity index (χ4v) is 2.91. The molecule has 0 saturated carbocycles. The lowest BCUT2D eigenvalue weighted by Crippen LogP contribution is -2.13. The summed E-state index contributed by atoms with van der Waals surface area (Å²) in [5.74, 6) is -0.162. The third kappa shape index (κ3) is 2.62. The first-order valence-corrected chi connectivity index (χ1v) is 7.63. The predicted octanol–water partition coefficient (Wildman–Crippen LogP) is 3.60. The standard InChI is InChI=1S/C16H15BrN4O/c1-9-7-13(14-10(2)20-21(3)15(14)18-9)16(22)19-12-6-4-5-11(17)8-12/h4-8H,1-3H3,(H,19,22). The molecule has 0 radical (unpaired) electrons. The van der Waals surface area contributed by atoms with Crippen LogP contribution in [0.25, 0.3) is 11.0 Å². The highest BCUT2D eigenvalue weighted by molar-refractivity contribution is 9.10. The minimum atomic E-state index is -0.162. The Kier molecular flexibility index (Phi) is 3.70. The van der Waals surface area contributed by atoms with Gasteiger partial charge in [0, 0.05) is 22.9 Å². The fraction of sp³-hybridized carbons (Fsp3) is 0.188. The van der Waals surface area contributed by atoms with Gasteiger partial charge in [0.25, 0.3) is 5.91 Å². The number of aromatic nitrogens is 3. The zero-order valence-corrected chi connectivity index (χ0v) is 14.1. The molecule has 0 aliphatic rings. The van der Waals surface area contributed by atoms with Crippen molar-refractivity contribution in [3.8, 4) is 0 Å². The van der Waals surface area contributed by atoms with Gasteiger partial charge < -0.3 is 5.32 Å². The van der Waals surface area contributed by atoms with E-state index in [4.69, 9.17) is 0 Å². The van der Waals surface area contributed by atoms with Crippen molar-refractivity contribution in [3.05, 3.63) is 51.8 Å². The first-order valence-electron chi connectivity index (χ1n) is 6.83. The van der Waals surface area contributed by atoms with Crippen LogP contribution in [-0.2, 0) is 7.05 Å². The number of hydrogen-bond donors (Lipinski definition) is 1. The van der Waals surface area contributed by atoms with Crippen molar-refractivity contribution >= 4 is 38.6 Å². The van der Waals surface area contributed by atoms with E-state index in [2.05, 4.69) is 31.3 Å². The quantitative estimate of drug-likeness (QED) is 0.761. The lowest BCUT2D eigenvalue weighted by Gasteiger charge is -2.08. The van der Waals surface area contributed by atoms with Gasteiger partial charge in [-0.05, 0) is 38.1 Å². The molecule has 0 atom stereocenters. The minimum absolute atomic E-state index is 0.162. The van der Waals surface area contributed by atoms with E-state index in [9.17, 15) is 4.79 Å². The molecule has 1 amide bonds. The summed E-state index contributed by atoms with van der Waals surface area (Å²) in [5.41, 5.74) is 3.63. The average molecular weight is 359 g/mol. The molecule has 0 unspecified atom stereocenters. The van der Waals surface area contributed by atoms with E-state index in [1.807, 2.05) is 45.2 Å². The van der Waals surface area contributed by atoms with Gasteiger partial charge in [0.15, 0.2) is 5.65 Å². The maximum Gasteiger partial charge on any atom is 0.256 e. The molecule has 22 heavy (non-hydrogen) atoms. The number of rotatable bonds is 2. The summed E-state index contributed by atoms with van der Waals surface area (Å²) < 4.78 is 2.62. The highest BCUT2D eigenvalue weighted by Gasteiger charge is 2.17. The molecule has 0 aliphatic carbocycles. The zero-order chi connectivity index (χ0) is 15.9. The number of carbonyl (C=O) groups is 1. The van der Waals surface area contributed by atoms with Gasteiger partial charge in [-0.2, -0.15) is 5.10 Å². The number of halogens is 1. The molecule has 0 fully saturated rings. The number of fused-ring (bicyclic) bond motifs is 1. The van der Waals surface area contributed by atoms with Gasteiger partial charge in [-0.15, -0.1) is 0 Å². The van der Waals surface area contributed by atoms with E-state index in [-0.39, 0.29) is 5.91 Å². The molecule has 2 aromatic heterocycles. The third-order valence-corrected chi connectivity index (χ3v) is 3.92. The summed E-state index contributed by atoms with van der Waals surface area (Å²) in [6.07, 6.45) is 0. The van der Waals surface area contributed by atoms with E-state index in [1.54, 1.807) is 10.7 Å². The molecule has 112 valence electrons. The van der Waals surface area contributed by atoms with Crippen LogP contribution >= 0.6 is 15.9 Å². The number of nitrogens with one attached hydrogen (secondary N) is 1. The second kappa shape index (κ2) is 5.53. The van der Waals surface area contributed by atoms with Crippen molar-refractivity contribution in [2.75, 3.05) is 5.32 Å². The molecule has 0 spiro atoms. The Hall–Kier alpha value is -2.21. The number of hydrogen-bond acceptors (Lipinski definition) is 3. The van der Waals surface area contributed by atoms with Gasteiger partial charge >= 0.3 is 0 Å². The van der Waals surface area contributed by atoms with Gasteiger partial charge in [-0.1, -0.05) is 22.0 Å². The Labute approximate surface area is 136 Å². The van der Waals surface area contributed by atoms with Crippen LogP contribution < -0.4 is 5.32 Å². The second-order valence-corrected chi connectivity index (χ2v) is 6.10. The van der Waals surface area contributed by atoms with Gasteiger partial charge in [-0.25, -0.2) is 4.98 Å². The van der Waals surface area contributed by atoms with Crippen LogP contribution in [-0.4, -0.2) is 20.7 Å². The van der Waals surface area contributed by atoms with E-state index in [0.717, 1.165) is 32.6 Å². The van der Waals surface area contributed by atoms with Crippen molar-refractivity contribution in [1.82, 2.24) is 14.8 Å². The van der Waals surface area contributed by atoms with Crippen LogP contribution in [0.5, 0.6) is 0 Å². The second-order valence-electron chi connectivity index (χ2n) is 5.18. The summed E-state index contributed by atoms with van der Waals surface area (Å²) in [6.45, 7) is 3.76. The molecule has 5 nitrogen and oxygen atoms in total. The first-order chi connectivity index (χ1) is 10.5.